The van der Waals surface area contributed by atoms with Gasteiger partial charge < -0.3 is 11.1 Å². The lowest BCUT2D eigenvalue weighted by Crippen LogP contribution is -2.54. The average molecular weight is 262 g/mol. The second-order valence-electron chi connectivity index (χ2n) is 4.32. The SMILES string of the molecule is CC(CNC(=O)C1(C(N)=S)CCC1)S(C)=O. The van der Waals surface area contributed by atoms with Crippen LogP contribution < -0.4 is 11.1 Å². The van der Waals surface area contributed by atoms with Gasteiger partial charge in [0.1, 0.15) is 0 Å². The topological polar surface area (TPSA) is 72.2 Å². The monoisotopic (exact) mass is 262 g/mol. The molecule has 1 aliphatic rings. The van der Waals surface area contributed by atoms with Crippen molar-refractivity contribution in [2.75, 3.05) is 12.8 Å². The summed E-state index contributed by atoms with van der Waals surface area (Å²) in [4.78, 5) is 12.2. The van der Waals surface area contributed by atoms with Crippen LogP contribution in [0.15, 0.2) is 0 Å². The summed E-state index contributed by atoms with van der Waals surface area (Å²) in [6.07, 6.45) is 4.08. The Morgan fingerprint density at radius 3 is 2.50 bits per heavy atom. The van der Waals surface area contributed by atoms with Crippen LogP contribution in [0.4, 0.5) is 0 Å². The Bertz CT molecular complexity index is 327. The van der Waals surface area contributed by atoms with Crippen LogP contribution in [0, 0.1) is 5.41 Å². The third-order valence-electron chi connectivity index (χ3n) is 3.23. The van der Waals surface area contributed by atoms with Gasteiger partial charge in [-0.1, -0.05) is 18.6 Å². The molecule has 0 heterocycles. The zero-order valence-corrected chi connectivity index (χ0v) is 11.2. The quantitative estimate of drug-likeness (QED) is 0.700. The molecule has 4 nitrogen and oxygen atoms in total. The van der Waals surface area contributed by atoms with E-state index in [1.54, 1.807) is 6.26 Å². The highest BCUT2D eigenvalue weighted by atomic mass is 32.2. The number of carbonyl (C=O) groups is 1. The molecule has 0 saturated heterocycles. The van der Waals surface area contributed by atoms with Crippen LogP contribution in [-0.4, -0.2) is 33.2 Å². The van der Waals surface area contributed by atoms with Gasteiger partial charge in [0, 0.05) is 28.9 Å². The summed E-state index contributed by atoms with van der Waals surface area (Å²) in [6.45, 7) is 2.25. The number of nitrogens with one attached hydrogen (secondary N) is 1. The van der Waals surface area contributed by atoms with Gasteiger partial charge >= 0.3 is 0 Å². The van der Waals surface area contributed by atoms with Crippen LogP contribution in [0.3, 0.4) is 0 Å². The van der Waals surface area contributed by atoms with E-state index in [1.165, 1.54) is 0 Å². The number of rotatable bonds is 5. The minimum Gasteiger partial charge on any atom is -0.392 e. The second kappa shape index (κ2) is 5.23. The first-order valence-electron chi connectivity index (χ1n) is 5.30. The Labute approximate surface area is 104 Å². The Balaban J connectivity index is 2.52. The smallest absolute Gasteiger partial charge is 0.233 e. The molecule has 1 saturated carbocycles. The van der Waals surface area contributed by atoms with Crippen molar-refractivity contribution in [1.29, 1.82) is 0 Å². The van der Waals surface area contributed by atoms with E-state index in [-0.39, 0.29) is 16.1 Å². The largest absolute Gasteiger partial charge is 0.392 e. The van der Waals surface area contributed by atoms with E-state index in [0.717, 1.165) is 19.3 Å². The molecule has 1 fully saturated rings. The molecule has 2 atom stereocenters. The summed E-state index contributed by atoms with van der Waals surface area (Å²) in [5.41, 5.74) is 4.98. The molecule has 1 rings (SSSR count). The number of amides is 1. The van der Waals surface area contributed by atoms with Crippen LogP contribution in [0.2, 0.25) is 0 Å². The lowest BCUT2D eigenvalue weighted by molar-refractivity contribution is -0.130. The first kappa shape index (κ1) is 13.6. The van der Waals surface area contributed by atoms with Crippen LogP contribution in [-0.2, 0) is 15.6 Å². The molecule has 0 aliphatic heterocycles. The predicted molar refractivity (Wildman–Crippen MR) is 69.6 cm³/mol. The Morgan fingerprint density at radius 1 is 1.62 bits per heavy atom. The van der Waals surface area contributed by atoms with E-state index in [1.807, 2.05) is 6.92 Å². The standard InChI is InChI=1S/C10H18N2O2S2/c1-7(16(2)14)6-12-9(13)10(8(11)15)4-3-5-10/h7H,3-6H2,1-2H3,(H2,11,15)(H,12,13). The normalized spacial score (nSPS) is 21.6. The minimum absolute atomic E-state index is 0.0487. The van der Waals surface area contributed by atoms with Gasteiger partial charge in [-0.05, 0) is 19.8 Å². The molecular weight excluding hydrogens is 244 g/mol. The minimum atomic E-state index is -0.927. The van der Waals surface area contributed by atoms with Gasteiger partial charge in [0.25, 0.3) is 0 Å². The highest BCUT2D eigenvalue weighted by Crippen LogP contribution is 2.41. The lowest BCUT2D eigenvalue weighted by Gasteiger charge is -2.39. The maximum atomic E-state index is 11.9. The Morgan fingerprint density at radius 2 is 2.19 bits per heavy atom. The molecule has 6 heteroatoms. The van der Waals surface area contributed by atoms with Crippen molar-refractivity contribution in [3.05, 3.63) is 0 Å². The number of carbonyl (C=O) groups excluding carboxylic acids is 1. The third kappa shape index (κ3) is 2.60. The molecular formula is C10H18N2O2S2. The van der Waals surface area contributed by atoms with E-state index in [0.29, 0.717) is 6.54 Å². The highest BCUT2D eigenvalue weighted by molar-refractivity contribution is 7.84. The van der Waals surface area contributed by atoms with Gasteiger partial charge in [-0.3, -0.25) is 9.00 Å². The predicted octanol–water partition coefficient (Wildman–Crippen LogP) is 0.326. The first-order chi connectivity index (χ1) is 7.40. The van der Waals surface area contributed by atoms with Crippen molar-refractivity contribution >= 4 is 33.9 Å². The highest BCUT2D eigenvalue weighted by Gasteiger charge is 2.46. The summed E-state index contributed by atoms with van der Waals surface area (Å²) in [6, 6.07) is 0. The van der Waals surface area contributed by atoms with E-state index >= 15 is 0 Å². The Kier molecular flexibility index (Phi) is 4.43. The fourth-order valence-electron chi connectivity index (χ4n) is 1.64. The van der Waals surface area contributed by atoms with Crippen LogP contribution in [0.25, 0.3) is 0 Å². The fourth-order valence-corrected chi connectivity index (χ4v) is 2.25. The van der Waals surface area contributed by atoms with E-state index in [4.69, 9.17) is 18.0 Å². The van der Waals surface area contributed by atoms with Crippen molar-refractivity contribution in [2.24, 2.45) is 11.1 Å². The van der Waals surface area contributed by atoms with Crippen molar-refractivity contribution in [3.63, 3.8) is 0 Å². The van der Waals surface area contributed by atoms with Gasteiger partial charge in [0.15, 0.2) is 0 Å². The molecule has 1 aliphatic carbocycles. The van der Waals surface area contributed by atoms with E-state index in [9.17, 15) is 9.00 Å². The summed E-state index contributed by atoms with van der Waals surface area (Å²) in [5.74, 6) is -0.108. The molecule has 2 unspecified atom stereocenters. The molecule has 0 radical (unpaired) electrons. The summed E-state index contributed by atoms with van der Waals surface area (Å²) >= 11 is 4.95. The van der Waals surface area contributed by atoms with Gasteiger partial charge in [-0.25, -0.2) is 0 Å². The molecule has 0 spiro atoms. The van der Waals surface area contributed by atoms with Gasteiger partial charge in [0.2, 0.25) is 5.91 Å². The molecule has 16 heavy (non-hydrogen) atoms. The molecule has 3 N–H and O–H groups in total. The second-order valence-corrected chi connectivity index (χ2v) is 6.56. The number of nitrogens with two attached hydrogens (primary N) is 1. The van der Waals surface area contributed by atoms with Gasteiger partial charge in [0.05, 0.1) is 10.4 Å². The van der Waals surface area contributed by atoms with Crippen molar-refractivity contribution < 1.29 is 9.00 Å². The van der Waals surface area contributed by atoms with Crippen LogP contribution in [0.1, 0.15) is 26.2 Å². The fraction of sp³-hybridized carbons (Fsp3) is 0.800. The molecule has 92 valence electrons. The van der Waals surface area contributed by atoms with E-state index in [2.05, 4.69) is 5.32 Å². The maximum absolute atomic E-state index is 11.9. The molecule has 0 aromatic heterocycles. The Hall–Kier alpha value is -0.490. The van der Waals surface area contributed by atoms with Crippen molar-refractivity contribution in [1.82, 2.24) is 5.32 Å². The van der Waals surface area contributed by atoms with Crippen molar-refractivity contribution in [3.8, 4) is 0 Å². The van der Waals surface area contributed by atoms with Crippen molar-refractivity contribution in [2.45, 2.75) is 31.4 Å². The van der Waals surface area contributed by atoms with Gasteiger partial charge in [-0.15, -0.1) is 0 Å². The number of hydrogen-bond donors (Lipinski definition) is 2. The molecule has 0 bridgehead atoms. The van der Waals surface area contributed by atoms with Crippen LogP contribution in [0.5, 0.6) is 0 Å². The summed E-state index contributed by atoms with van der Waals surface area (Å²) in [7, 11) is -0.927. The zero-order valence-electron chi connectivity index (χ0n) is 9.62. The first-order valence-corrected chi connectivity index (χ1v) is 7.33. The molecule has 0 aromatic carbocycles. The van der Waals surface area contributed by atoms with Gasteiger partial charge in [-0.2, -0.15) is 0 Å². The maximum Gasteiger partial charge on any atom is 0.233 e. The summed E-state index contributed by atoms with van der Waals surface area (Å²) < 4.78 is 11.1. The zero-order chi connectivity index (χ0) is 12.3. The summed E-state index contributed by atoms with van der Waals surface area (Å²) in [5, 5.41) is 2.74. The molecule has 1 amide bonds. The number of thiocarbonyl (C=S) groups is 1. The number of hydrogen-bond acceptors (Lipinski definition) is 3. The lowest BCUT2D eigenvalue weighted by atomic mass is 9.68. The molecule has 0 aromatic rings. The third-order valence-corrected chi connectivity index (χ3v) is 4.92. The van der Waals surface area contributed by atoms with Crippen LogP contribution >= 0.6 is 12.2 Å². The van der Waals surface area contributed by atoms with E-state index < -0.39 is 16.2 Å². The average Bonchev–Trinajstić information content (AvgIpc) is 2.11.